The van der Waals surface area contributed by atoms with Crippen LogP contribution >= 0.6 is 0 Å². The number of carbonyl (C=O) groups is 1. The molecule has 0 aliphatic heterocycles. The number of hydrogen-bond acceptors (Lipinski definition) is 4. The quantitative estimate of drug-likeness (QED) is 0.640. The van der Waals surface area contributed by atoms with E-state index in [9.17, 15) is 14.9 Å². The predicted molar refractivity (Wildman–Crippen MR) is 76.9 cm³/mol. The highest BCUT2D eigenvalue weighted by Crippen LogP contribution is 2.30. The zero-order chi connectivity index (χ0) is 14.7. The fourth-order valence-corrected chi connectivity index (χ4v) is 2.54. The third kappa shape index (κ3) is 2.89. The Morgan fingerprint density at radius 2 is 2.15 bits per heavy atom. The van der Waals surface area contributed by atoms with E-state index in [0.717, 1.165) is 12.8 Å². The average Bonchev–Trinajstić information content (AvgIpc) is 2.36. The van der Waals surface area contributed by atoms with Gasteiger partial charge in [-0.3, -0.25) is 14.9 Å². The van der Waals surface area contributed by atoms with Gasteiger partial charge in [-0.1, -0.05) is 13.0 Å². The molecule has 0 aromatic heterocycles. The lowest BCUT2D eigenvalue weighted by Crippen LogP contribution is -2.43. The van der Waals surface area contributed by atoms with Crippen LogP contribution in [-0.4, -0.2) is 23.4 Å². The van der Waals surface area contributed by atoms with Crippen molar-refractivity contribution in [3.05, 3.63) is 33.9 Å². The molecule has 0 heterocycles. The zero-order valence-corrected chi connectivity index (χ0v) is 11.7. The maximum Gasteiger partial charge on any atom is 0.305 e. The summed E-state index contributed by atoms with van der Waals surface area (Å²) in [5.41, 5.74) is 0.347. The number of carbonyl (C=O) groups excluding carboxylic acids is 1. The van der Waals surface area contributed by atoms with E-state index in [1.54, 1.807) is 12.1 Å². The Morgan fingerprint density at radius 1 is 1.45 bits per heavy atom. The molecule has 1 aliphatic carbocycles. The molecule has 6 heteroatoms. The number of nitro benzene ring substituents is 1. The molecule has 0 atom stereocenters. The molecule has 0 unspecified atom stereocenters. The van der Waals surface area contributed by atoms with Crippen molar-refractivity contribution in [1.29, 1.82) is 0 Å². The molecule has 1 aliphatic rings. The summed E-state index contributed by atoms with van der Waals surface area (Å²) in [6.07, 6.45) is 1.87. The largest absolute Gasteiger partial charge is 0.380 e. The van der Waals surface area contributed by atoms with Crippen LogP contribution in [-0.2, 0) is 0 Å². The number of nitrogens with one attached hydrogen (secondary N) is 2. The van der Waals surface area contributed by atoms with Crippen molar-refractivity contribution in [2.24, 2.45) is 5.92 Å². The number of para-hydroxylation sites is 1. The zero-order valence-electron chi connectivity index (χ0n) is 11.7. The van der Waals surface area contributed by atoms with Gasteiger partial charge in [-0.2, -0.15) is 0 Å². The van der Waals surface area contributed by atoms with Gasteiger partial charge in [0.05, 0.1) is 4.92 Å². The molecule has 1 fully saturated rings. The monoisotopic (exact) mass is 277 g/mol. The summed E-state index contributed by atoms with van der Waals surface area (Å²) in [4.78, 5) is 22.9. The van der Waals surface area contributed by atoms with Crippen molar-refractivity contribution >= 4 is 17.3 Å². The van der Waals surface area contributed by atoms with Gasteiger partial charge in [0.1, 0.15) is 11.3 Å². The summed E-state index contributed by atoms with van der Waals surface area (Å²) in [6.45, 7) is 4.54. The Balaban J connectivity index is 2.23. The number of benzene rings is 1. The second kappa shape index (κ2) is 5.90. The second-order valence-corrected chi connectivity index (χ2v) is 5.24. The van der Waals surface area contributed by atoms with Crippen molar-refractivity contribution in [3.8, 4) is 0 Å². The third-order valence-corrected chi connectivity index (χ3v) is 3.54. The molecule has 20 heavy (non-hydrogen) atoms. The van der Waals surface area contributed by atoms with Gasteiger partial charge in [-0.15, -0.1) is 0 Å². The van der Waals surface area contributed by atoms with Gasteiger partial charge in [-0.25, -0.2) is 0 Å². The summed E-state index contributed by atoms with van der Waals surface area (Å²) in [7, 11) is 0. The summed E-state index contributed by atoms with van der Waals surface area (Å²) < 4.78 is 0. The molecule has 1 saturated carbocycles. The molecule has 1 aromatic rings. The first kappa shape index (κ1) is 14.3. The topological polar surface area (TPSA) is 84.3 Å². The van der Waals surface area contributed by atoms with E-state index in [1.165, 1.54) is 6.07 Å². The van der Waals surface area contributed by atoms with Gasteiger partial charge in [0.2, 0.25) is 0 Å². The molecule has 108 valence electrons. The van der Waals surface area contributed by atoms with Crippen molar-refractivity contribution in [2.75, 3.05) is 11.9 Å². The van der Waals surface area contributed by atoms with Gasteiger partial charge in [0, 0.05) is 12.6 Å². The minimum absolute atomic E-state index is 0.119. The maximum absolute atomic E-state index is 12.2. The average molecular weight is 277 g/mol. The molecule has 2 N–H and O–H groups in total. The second-order valence-electron chi connectivity index (χ2n) is 5.24. The fourth-order valence-electron chi connectivity index (χ4n) is 2.54. The first-order valence-electron chi connectivity index (χ1n) is 6.85. The molecular formula is C14H19N3O3. The van der Waals surface area contributed by atoms with Crippen LogP contribution in [0.5, 0.6) is 0 Å². The highest BCUT2D eigenvalue weighted by Gasteiger charge is 2.30. The summed E-state index contributed by atoms with van der Waals surface area (Å²) >= 11 is 0. The minimum Gasteiger partial charge on any atom is -0.380 e. The smallest absolute Gasteiger partial charge is 0.305 e. The van der Waals surface area contributed by atoms with Crippen molar-refractivity contribution in [3.63, 3.8) is 0 Å². The molecule has 0 spiro atoms. The van der Waals surface area contributed by atoms with Crippen LogP contribution in [0.25, 0.3) is 0 Å². The number of anilines is 1. The van der Waals surface area contributed by atoms with E-state index in [-0.39, 0.29) is 23.2 Å². The summed E-state index contributed by atoms with van der Waals surface area (Å²) in [5.74, 6) is 0.247. The first-order chi connectivity index (χ1) is 9.52. The SMILES string of the molecule is CCNc1cccc(C(=O)NC2CC(C)C2)c1[N+](=O)[O-]. The van der Waals surface area contributed by atoms with Crippen LogP contribution in [0.2, 0.25) is 0 Å². The molecule has 0 radical (unpaired) electrons. The van der Waals surface area contributed by atoms with E-state index in [4.69, 9.17) is 0 Å². The maximum atomic E-state index is 12.2. The first-order valence-corrected chi connectivity index (χ1v) is 6.85. The van der Waals surface area contributed by atoms with E-state index < -0.39 is 4.92 Å². The number of nitrogens with zero attached hydrogens (tertiary/aromatic N) is 1. The van der Waals surface area contributed by atoms with Crippen LogP contribution in [0.15, 0.2) is 18.2 Å². The van der Waals surface area contributed by atoms with Crippen LogP contribution in [0.1, 0.15) is 37.0 Å². The van der Waals surface area contributed by atoms with Gasteiger partial charge < -0.3 is 10.6 Å². The lowest BCUT2D eigenvalue weighted by atomic mass is 9.82. The normalized spacial score (nSPS) is 20.9. The van der Waals surface area contributed by atoms with E-state index in [2.05, 4.69) is 17.6 Å². The van der Waals surface area contributed by atoms with Gasteiger partial charge >= 0.3 is 5.69 Å². The lowest BCUT2D eigenvalue weighted by Gasteiger charge is -2.33. The number of nitro groups is 1. The number of hydrogen-bond donors (Lipinski definition) is 2. The third-order valence-electron chi connectivity index (χ3n) is 3.54. The van der Waals surface area contributed by atoms with Crippen LogP contribution in [0, 0.1) is 16.0 Å². The Hall–Kier alpha value is -2.11. The Morgan fingerprint density at radius 3 is 2.70 bits per heavy atom. The Kier molecular flexibility index (Phi) is 4.22. The van der Waals surface area contributed by atoms with Crippen LogP contribution in [0.4, 0.5) is 11.4 Å². The van der Waals surface area contributed by atoms with Crippen LogP contribution < -0.4 is 10.6 Å². The van der Waals surface area contributed by atoms with Gasteiger partial charge in [0.15, 0.2) is 0 Å². The van der Waals surface area contributed by atoms with E-state index in [0.29, 0.717) is 18.2 Å². The van der Waals surface area contributed by atoms with Crippen molar-refractivity contribution < 1.29 is 9.72 Å². The summed E-state index contributed by atoms with van der Waals surface area (Å²) in [5, 5.41) is 17.0. The van der Waals surface area contributed by atoms with E-state index in [1.807, 2.05) is 6.92 Å². The Bertz CT molecular complexity index is 524. The number of rotatable bonds is 5. The molecule has 0 saturated heterocycles. The van der Waals surface area contributed by atoms with E-state index >= 15 is 0 Å². The number of amides is 1. The predicted octanol–water partition coefficient (Wildman–Crippen LogP) is 2.55. The molecule has 1 amide bonds. The highest BCUT2D eigenvalue weighted by atomic mass is 16.6. The molecule has 6 nitrogen and oxygen atoms in total. The molecule has 1 aromatic carbocycles. The highest BCUT2D eigenvalue weighted by molar-refractivity contribution is 6.00. The molecule has 2 rings (SSSR count). The van der Waals surface area contributed by atoms with Crippen molar-refractivity contribution in [2.45, 2.75) is 32.7 Å². The molecule has 0 bridgehead atoms. The summed E-state index contributed by atoms with van der Waals surface area (Å²) in [6, 6.07) is 4.91. The standard InChI is InChI=1S/C14H19N3O3/c1-3-15-12-6-4-5-11(13(12)17(19)20)14(18)16-10-7-9(2)8-10/h4-6,9-10,15H,3,7-8H2,1-2H3,(H,16,18). The fraction of sp³-hybridized carbons (Fsp3) is 0.500. The lowest BCUT2D eigenvalue weighted by molar-refractivity contribution is -0.384. The van der Waals surface area contributed by atoms with Crippen molar-refractivity contribution in [1.82, 2.24) is 5.32 Å². The van der Waals surface area contributed by atoms with Gasteiger partial charge in [-0.05, 0) is 37.8 Å². The minimum atomic E-state index is -0.504. The molecular weight excluding hydrogens is 258 g/mol. The Labute approximate surface area is 117 Å². The van der Waals surface area contributed by atoms with Crippen LogP contribution in [0.3, 0.4) is 0 Å². The van der Waals surface area contributed by atoms with Gasteiger partial charge in [0.25, 0.3) is 5.91 Å².